The number of halogens is 6. The quantitative estimate of drug-likeness (QED) is 0.0520. The highest BCUT2D eigenvalue weighted by Crippen LogP contribution is 2.38. The number of piperidine rings is 4. The van der Waals surface area contributed by atoms with Crippen molar-refractivity contribution in [1.82, 2.24) is 59.5 Å². The predicted octanol–water partition coefficient (Wildman–Crippen LogP) is 20.4. The number of nitrogens with zero attached hydrogens (tertiary/aromatic N) is 13. The number of anilines is 4. The summed E-state index contributed by atoms with van der Waals surface area (Å²) in [4.78, 5) is 55.7. The second-order valence-electron chi connectivity index (χ2n) is 29.9. The molecular formula is C86H102F6N16S4. The Morgan fingerprint density at radius 1 is 0.402 bits per heavy atom. The molecule has 26 heteroatoms. The Balaban J connectivity index is 0.000000131. The van der Waals surface area contributed by atoms with Gasteiger partial charge in [0.15, 0.2) is 0 Å². The van der Waals surface area contributed by atoms with Crippen LogP contribution >= 0.6 is 45.3 Å². The van der Waals surface area contributed by atoms with Crippen molar-refractivity contribution in [3.8, 4) is 0 Å². The Morgan fingerprint density at radius 3 is 1.16 bits per heavy atom. The summed E-state index contributed by atoms with van der Waals surface area (Å²) in [6.45, 7) is 20.2. The topological polar surface area (TPSA) is 155 Å². The van der Waals surface area contributed by atoms with Crippen LogP contribution in [-0.2, 0) is 58.0 Å². The van der Waals surface area contributed by atoms with E-state index in [2.05, 4.69) is 213 Å². The minimum absolute atomic E-state index is 0.0215. The lowest BCUT2D eigenvalue weighted by Crippen LogP contribution is -2.43. The maximum atomic E-state index is 13.2. The maximum absolute atomic E-state index is 13.2. The van der Waals surface area contributed by atoms with Gasteiger partial charge in [0, 0.05) is 129 Å². The molecule has 0 spiro atoms. The molecule has 4 saturated heterocycles. The molecule has 0 saturated carbocycles. The molecule has 16 nitrogen and oxygen atoms in total. The van der Waals surface area contributed by atoms with E-state index in [1.54, 1.807) is 47.7 Å². The van der Waals surface area contributed by atoms with Crippen molar-refractivity contribution in [3.63, 3.8) is 0 Å². The van der Waals surface area contributed by atoms with Crippen molar-refractivity contribution in [2.24, 2.45) is 0 Å². The summed E-state index contributed by atoms with van der Waals surface area (Å²) in [5.74, 6) is 3.60. The van der Waals surface area contributed by atoms with Crippen LogP contribution in [-0.4, -0.2) is 149 Å². The average molecular weight is 1600 g/mol. The first-order chi connectivity index (χ1) is 54.3. The predicted molar refractivity (Wildman–Crippen MR) is 449 cm³/mol. The van der Waals surface area contributed by atoms with Gasteiger partial charge in [0.1, 0.15) is 67.9 Å². The molecule has 4 aliphatic heterocycles. The van der Waals surface area contributed by atoms with Crippen LogP contribution in [0, 0.1) is 6.92 Å². The normalized spacial score (nSPS) is 16.2. The molecule has 16 rings (SSSR count). The largest absolute Gasteiger partial charge is 0.416 e. The van der Waals surface area contributed by atoms with Gasteiger partial charge in [-0.3, -0.25) is 19.6 Å². The van der Waals surface area contributed by atoms with Gasteiger partial charge in [0.05, 0.1) is 33.5 Å². The molecule has 0 aliphatic carbocycles. The zero-order chi connectivity index (χ0) is 78.0. The van der Waals surface area contributed by atoms with Crippen molar-refractivity contribution in [1.29, 1.82) is 0 Å². The first kappa shape index (κ1) is 81.7. The highest BCUT2D eigenvalue weighted by Gasteiger charge is 2.35. The molecule has 592 valence electrons. The Morgan fingerprint density at radius 2 is 0.750 bits per heavy atom. The molecule has 4 aromatic carbocycles. The number of thiophene rings is 4. The zero-order valence-electron chi connectivity index (χ0n) is 64.6. The van der Waals surface area contributed by atoms with Crippen LogP contribution in [0.5, 0.6) is 0 Å². The molecule has 3 N–H and O–H groups in total. The number of hydrogen-bond donors (Lipinski definition) is 3. The van der Waals surface area contributed by atoms with E-state index in [1.807, 2.05) is 16.2 Å². The van der Waals surface area contributed by atoms with Crippen molar-refractivity contribution >= 4 is 109 Å². The van der Waals surface area contributed by atoms with Crippen LogP contribution in [0.15, 0.2) is 159 Å². The average Bonchev–Trinajstić information content (AvgIpc) is 1.65. The molecule has 4 aliphatic rings. The summed E-state index contributed by atoms with van der Waals surface area (Å²) < 4.78 is 77.8. The van der Waals surface area contributed by atoms with E-state index in [0.717, 1.165) is 153 Å². The van der Waals surface area contributed by atoms with Crippen LogP contribution in [0.1, 0.15) is 144 Å². The van der Waals surface area contributed by atoms with Gasteiger partial charge in [-0.25, -0.2) is 39.9 Å². The number of fused-ring (bicyclic) bond motifs is 4. The van der Waals surface area contributed by atoms with Gasteiger partial charge in [0.25, 0.3) is 0 Å². The Hall–Kier alpha value is -8.34. The molecule has 12 aromatic rings. The first-order valence-corrected chi connectivity index (χ1v) is 42.8. The second-order valence-corrected chi connectivity index (χ2v) is 34.4. The van der Waals surface area contributed by atoms with Gasteiger partial charge in [-0.2, -0.15) is 26.3 Å². The third-order valence-corrected chi connectivity index (χ3v) is 25.7. The Bertz CT molecular complexity index is 4890. The van der Waals surface area contributed by atoms with Gasteiger partial charge < -0.3 is 20.9 Å². The van der Waals surface area contributed by atoms with E-state index in [0.29, 0.717) is 60.1 Å². The number of likely N-dealkylation sites (tertiary alicyclic amines) is 4. The number of rotatable bonds is 23. The van der Waals surface area contributed by atoms with Crippen molar-refractivity contribution in [2.45, 2.75) is 187 Å². The molecule has 12 heterocycles. The zero-order valence-corrected chi connectivity index (χ0v) is 67.9. The van der Waals surface area contributed by atoms with E-state index in [1.165, 1.54) is 110 Å². The van der Waals surface area contributed by atoms with Gasteiger partial charge in [0.2, 0.25) is 0 Å². The fraction of sp³-hybridized carbons (Fsp3) is 0.442. The molecule has 0 unspecified atom stereocenters. The van der Waals surface area contributed by atoms with Crippen LogP contribution in [0.4, 0.5) is 49.6 Å². The summed E-state index contributed by atoms with van der Waals surface area (Å²) in [5, 5.41) is 14.8. The summed E-state index contributed by atoms with van der Waals surface area (Å²) in [5.41, 5.74) is 5.18. The SMILES string of the molecule is CCCc1cc2c(N(C)C3CCN(Cc4ccccc4)CC3)ncnc2s1.CCCc1cc2c(NC3CCN(Cc4ccc(C)cc4)CC3)ncnc2s1.CCCc1cc2c(NC3CCN(Cc4ccccc4)CC3)ncnc2s1.FC(F)(F)Cc1cc2c(NC3CCN(Cc4ccccc4C(F)(F)F)CC3)ncnc2s1. The number of hydrogen-bond acceptors (Lipinski definition) is 20. The molecular weight excluding hydrogens is 1500 g/mol. The highest BCUT2D eigenvalue weighted by atomic mass is 32.1. The smallest absolute Gasteiger partial charge is 0.367 e. The lowest BCUT2D eigenvalue weighted by molar-refractivity contribution is -0.138. The number of nitrogens with one attached hydrogen (secondary N) is 3. The lowest BCUT2D eigenvalue weighted by atomic mass is 10.0. The Kier molecular flexibility index (Phi) is 28.5. The Labute approximate surface area is 669 Å². The summed E-state index contributed by atoms with van der Waals surface area (Å²) >= 11 is 6.41. The molecule has 0 atom stereocenters. The van der Waals surface area contributed by atoms with Crippen molar-refractivity contribution in [2.75, 3.05) is 80.3 Å². The first-order valence-electron chi connectivity index (χ1n) is 39.6. The number of aromatic nitrogens is 8. The lowest BCUT2D eigenvalue weighted by Gasteiger charge is -2.37. The summed E-state index contributed by atoms with van der Waals surface area (Å²) in [6, 6.07) is 45.9. The van der Waals surface area contributed by atoms with Gasteiger partial charge in [-0.1, -0.05) is 149 Å². The van der Waals surface area contributed by atoms with Crippen LogP contribution < -0.4 is 20.9 Å². The fourth-order valence-electron chi connectivity index (χ4n) is 15.4. The highest BCUT2D eigenvalue weighted by molar-refractivity contribution is 7.19. The van der Waals surface area contributed by atoms with E-state index in [-0.39, 0.29) is 23.0 Å². The third-order valence-electron chi connectivity index (χ3n) is 21.3. The molecule has 0 bridgehead atoms. The number of benzene rings is 4. The van der Waals surface area contributed by atoms with Crippen molar-refractivity contribution in [3.05, 3.63) is 212 Å². The van der Waals surface area contributed by atoms with E-state index < -0.39 is 24.3 Å². The van der Waals surface area contributed by atoms with Gasteiger partial charge in [-0.15, -0.1) is 45.3 Å². The molecule has 0 radical (unpaired) electrons. The van der Waals surface area contributed by atoms with Crippen LogP contribution in [0.2, 0.25) is 0 Å². The van der Waals surface area contributed by atoms with Crippen molar-refractivity contribution < 1.29 is 26.3 Å². The maximum Gasteiger partial charge on any atom is 0.416 e. The minimum atomic E-state index is -4.39. The standard InChI is InChI=1S/2C22H28N4S.C21H20F6N4S.C21H26N4S/c1-3-7-19-14-20-21(23-16-24-22(20)27-19)25(2)18-10-12-26(13-11-18)15-17-8-5-4-6-9-17;1-3-4-19-13-20-21(23-15-24-22(20)27-19)25-18-9-11-26(12-10-18)14-17-7-5-16(2)6-8-17;22-20(23,24)10-15-9-16-18(28-12-29-19(16)32-15)30-14-5-7-31(8-6-14)11-13-3-1-2-4-17(13)21(25,26)27;1-2-6-18-13-19-20(22-15-23-21(19)26-18)24-17-9-11-25(12-10-17)14-16-7-4-3-5-8-16/h4-6,8-9,14,16,18H,3,7,10-13,15H2,1-2H3;5-8,13,15,18H,3-4,9-12,14H2,1-2H3,(H,23,24,25);1-4,9,12,14H,5-8,10-11H2,(H,28,29,30);3-5,7-8,13,15,17H,2,6,9-12,14H2,1H3,(H,22,23,24). The summed E-state index contributed by atoms with van der Waals surface area (Å²) in [6.07, 6.45) is 12.0. The van der Waals surface area contributed by atoms with Crippen LogP contribution in [0.25, 0.3) is 40.9 Å². The van der Waals surface area contributed by atoms with E-state index in [4.69, 9.17) is 0 Å². The number of aryl methyl sites for hydroxylation is 4. The second kappa shape index (κ2) is 39.1. The molecule has 112 heavy (non-hydrogen) atoms. The molecule has 8 aromatic heterocycles. The minimum Gasteiger partial charge on any atom is -0.367 e. The van der Waals surface area contributed by atoms with Gasteiger partial charge in [-0.05, 0) is 130 Å². The van der Waals surface area contributed by atoms with E-state index in [9.17, 15) is 26.3 Å². The molecule has 4 fully saturated rings. The monoisotopic (exact) mass is 1600 g/mol. The fourth-order valence-corrected chi connectivity index (χ4v) is 19.7. The summed E-state index contributed by atoms with van der Waals surface area (Å²) in [7, 11) is 2.20. The van der Waals surface area contributed by atoms with Gasteiger partial charge >= 0.3 is 12.4 Å². The molecule has 0 amide bonds. The number of alkyl halides is 6. The third kappa shape index (κ3) is 22.8. The van der Waals surface area contributed by atoms with E-state index >= 15 is 0 Å². The van der Waals surface area contributed by atoms with Crippen LogP contribution in [0.3, 0.4) is 0 Å².